The molecule has 0 fully saturated rings. The minimum atomic E-state index is -3.78. The molecule has 0 saturated carbocycles. The Morgan fingerprint density at radius 1 is 1.36 bits per heavy atom. The summed E-state index contributed by atoms with van der Waals surface area (Å²) in [6.07, 6.45) is 0. The standard InChI is InChI=1S/C14H16N2O3S3/c1-10-4-5-12(22(15,18)19)7-13(10)16-14(17)9-20-8-11-3-2-6-21-11/h2-7H,8-9H2,1H3,(H,16,17)(H2,15,18,19). The van der Waals surface area contributed by atoms with E-state index >= 15 is 0 Å². The third-order valence-corrected chi connectivity index (χ3v) is 5.82. The summed E-state index contributed by atoms with van der Waals surface area (Å²) in [6.45, 7) is 1.79. The Kier molecular flexibility index (Phi) is 5.63. The van der Waals surface area contributed by atoms with Crippen LogP contribution in [0.1, 0.15) is 10.4 Å². The molecule has 0 unspecified atom stereocenters. The summed E-state index contributed by atoms with van der Waals surface area (Å²) in [5.41, 5.74) is 1.25. The average molecular weight is 356 g/mol. The lowest BCUT2D eigenvalue weighted by molar-refractivity contribution is -0.113. The Hall–Kier alpha value is -1.35. The van der Waals surface area contributed by atoms with Crippen LogP contribution in [-0.2, 0) is 20.6 Å². The third kappa shape index (κ3) is 4.84. The van der Waals surface area contributed by atoms with Crippen molar-refractivity contribution in [2.24, 2.45) is 5.14 Å². The fourth-order valence-electron chi connectivity index (χ4n) is 1.74. The van der Waals surface area contributed by atoms with Gasteiger partial charge in [0.05, 0.1) is 10.6 Å². The number of carbonyl (C=O) groups is 1. The molecule has 2 aromatic rings. The first-order chi connectivity index (χ1) is 10.4. The van der Waals surface area contributed by atoms with Crippen LogP contribution in [0.3, 0.4) is 0 Å². The van der Waals surface area contributed by atoms with Gasteiger partial charge in [0.2, 0.25) is 15.9 Å². The van der Waals surface area contributed by atoms with Crippen molar-refractivity contribution >= 4 is 44.7 Å². The van der Waals surface area contributed by atoms with Crippen LogP contribution in [0.4, 0.5) is 5.69 Å². The minimum absolute atomic E-state index is 0.0142. The number of hydrogen-bond donors (Lipinski definition) is 2. The van der Waals surface area contributed by atoms with Crippen molar-refractivity contribution in [3.05, 3.63) is 46.2 Å². The van der Waals surface area contributed by atoms with E-state index in [-0.39, 0.29) is 10.8 Å². The molecule has 118 valence electrons. The van der Waals surface area contributed by atoms with Crippen LogP contribution in [0.5, 0.6) is 0 Å². The quantitative estimate of drug-likeness (QED) is 0.832. The number of primary sulfonamides is 1. The van der Waals surface area contributed by atoms with Gasteiger partial charge in [-0.2, -0.15) is 0 Å². The van der Waals surface area contributed by atoms with Crippen molar-refractivity contribution in [1.29, 1.82) is 0 Å². The number of carbonyl (C=O) groups excluding carboxylic acids is 1. The molecule has 2 rings (SSSR count). The van der Waals surface area contributed by atoms with E-state index in [9.17, 15) is 13.2 Å². The van der Waals surface area contributed by atoms with E-state index in [1.165, 1.54) is 28.8 Å². The van der Waals surface area contributed by atoms with Crippen molar-refractivity contribution in [2.75, 3.05) is 11.1 Å². The third-order valence-electron chi connectivity index (χ3n) is 2.87. The number of thiophene rings is 1. The number of amides is 1. The number of thioether (sulfide) groups is 1. The van der Waals surface area contributed by atoms with Gasteiger partial charge < -0.3 is 5.32 Å². The lowest BCUT2D eigenvalue weighted by Gasteiger charge is -2.09. The van der Waals surface area contributed by atoms with Crippen LogP contribution in [0.2, 0.25) is 0 Å². The van der Waals surface area contributed by atoms with Gasteiger partial charge in [-0.25, -0.2) is 13.6 Å². The highest BCUT2D eigenvalue weighted by Crippen LogP contribution is 2.21. The summed E-state index contributed by atoms with van der Waals surface area (Å²) in [5.74, 6) is 0.911. The van der Waals surface area contributed by atoms with Gasteiger partial charge in [0.1, 0.15) is 0 Å². The molecule has 22 heavy (non-hydrogen) atoms. The number of sulfonamides is 1. The SMILES string of the molecule is Cc1ccc(S(N)(=O)=O)cc1NC(=O)CSCc1cccs1. The summed E-state index contributed by atoms with van der Waals surface area (Å²) in [6, 6.07) is 8.42. The molecule has 3 N–H and O–H groups in total. The highest BCUT2D eigenvalue weighted by Gasteiger charge is 2.12. The largest absolute Gasteiger partial charge is 0.325 e. The number of aryl methyl sites for hydroxylation is 1. The van der Waals surface area contributed by atoms with Crippen molar-refractivity contribution in [3.8, 4) is 0 Å². The fourth-order valence-corrected chi connectivity index (χ4v) is 3.95. The molecule has 5 nitrogen and oxygen atoms in total. The Bertz CT molecular complexity index is 756. The van der Waals surface area contributed by atoms with Gasteiger partial charge in [0.15, 0.2) is 0 Å². The molecular formula is C14H16N2O3S3. The zero-order valence-corrected chi connectivity index (χ0v) is 14.4. The van der Waals surface area contributed by atoms with Gasteiger partial charge in [-0.15, -0.1) is 23.1 Å². The molecule has 0 bridgehead atoms. The smallest absolute Gasteiger partial charge is 0.238 e. The maximum Gasteiger partial charge on any atom is 0.238 e. The van der Waals surface area contributed by atoms with Crippen LogP contribution >= 0.6 is 23.1 Å². The monoisotopic (exact) mass is 356 g/mol. The summed E-state index contributed by atoms with van der Waals surface area (Å²) in [4.78, 5) is 13.1. The van der Waals surface area contributed by atoms with E-state index in [1.54, 1.807) is 24.3 Å². The molecule has 0 aliphatic heterocycles. The van der Waals surface area contributed by atoms with E-state index in [1.807, 2.05) is 17.5 Å². The maximum atomic E-state index is 11.9. The highest BCUT2D eigenvalue weighted by atomic mass is 32.2. The number of nitrogens with one attached hydrogen (secondary N) is 1. The molecule has 1 heterocycles. The molecule has 0 saturated heterocycles. The molecule has 0 radical (unpaired) electrons. The van der Waals surface area contributed by atoms with E-state index in [4.69, 9.17) is 5.14 Å². The maximum absolute atomic E-state index is 11.9. The van der Waals surface area contributed by atoms with Gasteiger partial charge in [-0.3, -0.25) is 4.79 Å². The van der Waals surface area contributed by atoms with Gasteiger partial charge in [0.25, 0.3) is 0 Å². The summed E-state index contributed by atoms with van der Waals surface area (Å²) < 4.78 is 22.7. The van der Waals surface area contributed by atoms with Crippen LogP contribution < -0.4 is 10.5 Å². The molecule has 1 aromatic heterocycles. The Balaban J connectivity index is 1.96. The highest BCUT2D eigenvalue weighted by molar-refractivity contribution is 7.99. The average Bonchev–Trinajstić information content (AvgIpc) is 2.93. The van der Waals surface area contributed by atoms with Crippen LogP contribution in [0, 0.1) is 6.92 Å². The van der Waals surface area contributed by atoms with Crippen molar-refractivity contribution in [3.63, 3.8) is 0 Å². The Labute approximate surface area is 138 Å². The molecule has 1 amide bonds. The first-order valence-electron chi connectivity index (χ1n) is 6.39. The molecule has 0 atom stereocenters. The van der Waals surface area contributed by atoms with Crippen LogP contribution in [-0.4, -0.2) is 20.1 Å². The summed E-state index contributed by atoms with van der Waals surface area (Å²) in [7, 11) is -3.78. The van der Waals surface area contributed by atoms with E-state index in [2.05, 4.69) is 5.32 Å². The molecule has 0 spiro atoms. The number of anilines is 1. The lowest BCUT2D eigenvalue weighted by Crippen LogP contribution is -2.17. The van der Waals surface area contributed by atoms with Gasteiger partial charge >= 0.3 is 0 Å². The van der Waals surface area contributed by atoms with Crippen LogP contribution in [0.15, 0.2) is 40.6 Å². The number of nitrogens with two attached hydrogens (primary N) is 1. The predicted octanol–water partition coefficient (Wildman–Crippen LogP) is 2.58. The lowest BCUT2D eigenvalue weighted by atomic mass is 10.2. The molecule has 0 aliphatic carbocycles. The fraction of sp³-hybridized carbons (Fsp3) is 0.214. The molecular weight excluding hydrogens is 340 g/mol. The first kappa shape index (κ1) is 17.0. The Morgan fingerprint density at radius 2 is 2.14 bits per heavy atom. The normalized spacial score (nSPS) is 11.4. The minimum Gasteiger partial charge on any atom is -0.325 e. The van der Waals surface area contributed by atoms with E-state index in [0.29, 0.717) is 11.4 Å². The second-order valence-corrected chi connectivity index (χ2v) is 8.22. The van der Waals surface area contributed by atoms with Crippen molar-refractivity contribution < 1.29 is 13.2 Å². The number of hydrogen-bond acceptors (Lipinski definition) is 5. The zero-order chi connectivity index (χ0) is 16.2. The van der Waals surface area contributed by atoms with E-state index < -0.39 is 10.0 Å². The molecule has 0 aliphatic rings. The second kappa shape index (κ2) is 7.28. The van der Waals surface area contributed by atoms with Crippen molar-refractivity contribution in [2.45, 2.75) is 17.6 Å². The number of benzene rings is 1. The summed E-state index contributed by atoms with van der Waals surface area (Å²) >= 11 is 3.16. The first-order valence-corrected chi connectivity index (χ1v) is 9.98. The molecule has 1 aromatic carbocycles. The van der Waals surface area contributed by atoms with Gasteiger partial charge in [-0.05, 0) is 36.1 Å². The Morgan fingerprint density at radius 3 is 2.77 bits per heavy atom. The van der Waals surface area contributed by atoms with Gasteiger partial charge in [0, 0.05) is 16.3 Å². The summed E-state index contributed by atoms with van der Waals surface area (Å²) in [5, 5.41) is 9.82. The molecule has 8 heteroatoms. The van der Waals surface area contributed by atoms with Crippen LogP contribution in [0.25, 0.3) is 0 Å². The second-order valence-electron chi connectivity index (χ2n) is 4.64. The van der Waals surface area contributed by atoms with Crippen molar-refractivity contribution in [1.82, 2.24) is 0 Å². The van der Waals surface area contributed by atoms with Gasteiger partial charge in [-0.1, -0.05) is 12.1 Å². The predicted molar refractivity (Wildman–Crippen MR) is 91.7 cm³/mol. The zero-order valence-electron chi connectivity index (χ0n) is 11.9. The van der Waals surface area contributed by atoms with E-state index in [0.717, 1.165) is 11.3 Å². The topological polar surface area (TPSA) is 89.3 Å². The number of rotatable bonds is 6.